The van der Waals surface area contributed by atoms with Crippen molar-refractivity contribution in [1.29, 1.82) is 0 Å². The molecule has 1 aromatic heterocycles. The number of nitrogen functional groups attached to an aromatic ring is 1. The molecule has 0 amide bonds. The number of hydrazine groups is 1. The lowest BCUT2D eigenvalue weighted by Crippen LogP contribution is -2.36. The smallest absolute Gasteiger partial charge is 0.243 e. The summed E-state index contributed by atoms with van der Waals surface area (Å²) in [4.78, 5) is 17.1. The first-order valence-corrected chi connectivity index (χ1v) is 7.14. The number of rotatable bonds is 4. The largest absolute Gasteiger partial charge is 0.347 e. The van der Waals surface area contributed by atoms with Gasteiger partial charge in [-0.3, -0.25) is 5.43 Å². The maximum Gasteiger partial charge on any atom is 0.243 e. The first kappa shape index (κ1) is 14.8. The fourth-order valence-electron chi connectivity index (χ4n) is 2.57. The molecule has 0 atom stereocenters. The van der Waals surface area contributed by atoms with Gasteiger partial charge in [-0.1, -0.05) is 6.92 Å². The highest BCUT2D eigenvalue weighted by atomic mass is 15.4. The average Bonchev–Trinajstić information content (AvgIpc) is 2.46. The van der Waals surface area contributed by atoms with Crippen LogP contribution in [0.25, 0.3) is 0 Å². The maximum absolute atomic E-state index is 5.44. The van der Waals surface area contributed by atoms with Crippen molar-refractivity contribution >= 4 is 17.8 Å². The van der Waals surface area contributed by atoms with E-state index >= 15 is 0 Å². The topological polar surface area (TPSA) is 83.2 Å². The Bertz CT molecular complexity index is 440. The Morgan fingerprint density at radius 2 is 1.60 bits per heavy atom. The molecule has 7 nitrogen and oxygen atoms in total. The maximum atomic E-state index is 5.44. The van der Waals surface area contributed by atoms with Gasteiger partial charge in [0.15, 0.2) is 0 Å². The SMILES string of the molecule is CC1CCC(N(C)c2nc(NN)nc(N(C)C)n2)CC1. The van der Waals surface area contributed by atoms with Gasteiger partial charge in [-0.05, 0) is 31.6 Å². The summed E-state index contributed by atoms with van der Waals surface area (Å²) >= 11 is 0. The van der Waals surface area contributed by atoms with Gasteiger partial charge >= 0.3 is 0 Å². The summed E-state index contributed by atoms with van der Waals surface area (Å²) in [7, 11) is 5.86. The highest BCUT2D eigenvalue weighted by molar-refractivity contribution is 5.44. The van der Waals surface area contributed by atoms with Crippen molar-refractivity contribution < 1.29 is 0 Å². The third kappa shape index (κ3) is 3.27. The van der Waals surface area contributed by atoms with Crippen molar-refractivity contribution in [2.24, 2.45) is 11.8 Å². The zero-order valence-electron chi connectivity index (χ0n) is 12.8. The molecule has 0 spiro atoms. The lowest BCUT2D eigenvalue weighted by molar-refractivity contribution is 0.339. The van der Waals surface area contributed by atoms with Crippen LogP contribution in [0, 0.1) is 5.92 Å². The molecular weight excluding hydrogens is 254 g/mol. The predicted octanol–water partition coefficient (Wildman–Crippen LogP) is 1.24. The van der Waals surface area contributed by atoms with Crippen molar-refractivity contribution in [3.05, 3.63) is 0 Å². The quantitative estimate of drug-likeness (QED) is 0.633. The van der Waals surface area contributed by atoms with E-state index in [9.17, 15) is 0 Å². The van der Waals surface area contributed by atoms with Crippen molar-refractivity contribution in [2.75, 3.05) is 36.4 Å². The van der Waals surface area contributed by atoms with E-state index in [2.05, 4.69) is 39.2 Å². The normalized spacial score (nSPS) is 22.4. The second-order valence-corrected chi connectivity index (χ2v) is 5.82. The van der Waals surface area contributed by atoms with Gasteiger partial charge in [0, 0.05) is 27.2 Å². The average molecular weight is 279 g/mol. The van der Waals surface area contributed by atoms with Crippen LogP contribution in [0.3, 0.4) is 0 Å². The molecule has 0 saturated heterocycles. The molecule has 1 aliphatic rings. The minimum Gasteiger partial charge on any atom is -0.347 e. The zero-order valence-corrected chi connectivity index (χ0v) is 12.8. The summed E-state index contributed by atoms with van der Waals surface area (Å²) < 4.78 is 0. The highest BCUT2D eigenvalue weighted by Crippen LogP contribution is 2.28. The Kier molecular flexibility index (Phi) is 4.59. The first-order valence-electron chi connectivity index (χ1n) is 7.14. The molecule has 1 heterocycles. The molecule has 112 valence electrons. The molecule has 0 unspecified atom stereocenters. The van der Waals surface area contributed by atoms with Gasteiger partial charge in [0.25, 0.3) is 0 Å². The van der Waals surface area contributed by atoms with Crippen molar-refractivity contribution in [1.82, 2.24) is 15.0 Å². The molecule has 0 bridgehead atoms. The summed E-state index contributed by atoms with van der Waals surface area (Å²) in [6.45, 7) is 2.32. The number of anilines is 3. The molecule has 20 heavy (non-hydrogen) atoms. The molecule has 0 radical (unpaired) electrons. The molecule has 1 fully saturated rings. The van der Waals surface area contributed by atoms with E-state index < -0.39 is 0 Å². The Balaban J connectivity index is 2.20. The van der Waals surface area contributed by atoms with Gasteiger partial charge in [-0.15, -0.1) is 0 Å². The Labute approximate surface area is 120 Å². The lowest BCUT2D eigenvalue weighted by atomic mass is 9.87. The van der Waals surface area contributed by atoms with Crippen LogP contribution in [-0.2, 0) is 0 Å². The van der Waals surface area contributed by atoms with Gasteiger partial charge in [-0.25, -0.2) is 5.84 Å². The van der Waals surface area contributed by atoms with E-state index in [1.54, 1.807) is 0 Å². The van der Waals surface area contributed by atoms with Crippen LogP contribution in [0.15, 0.2) is 0 Å². The van der Waals surface area contributed by atoms with E-state index in [0.29, 0.717) is 23.9 Å². The molecule has 3 N–H and O–H groups in total. The number of hydrogen-bond acceptors (Lipinski definition) is 7. The minimum absolute atomic E-state index is 0.398. The van der Waals surface area contributed by atoms with Crippen LogP contribution in [-0.4, -0.2) is 42.1 Å². The van der Waals surface area contributed by atoms with Gasteiger partial charge in [0.2, 0.25) is 17.8 Å². The standard InChI is InChI=1S/C13H25N7/c1-9-5-7-10(8-6-9)20(4)13-16-11(18-14)15-12(17-13)19(2)3/h9-10H,5-8,14H2,1-4H3,(H,15,16,17,18). The van der Waals surface area contributed by atoms with Gasteiger partial charge in [-0.2, -0.15) is 15.0 Å². The molecule has 0 aliphatic heterocycles. The van der Waals surface area contributed by atoms with E-state index in [-0.39, 0.29) is 0 Å². The van der Waals surface area contributed by atoms with E-state index in [1.165, 1.54) is 25.7 Å². The van der Waals surface area contributed by atoms with Gasteiger partial charge in [0.05, 0.1) is 0 Å². The van der Waals surface area contributed by atoms with Crippen LogP contribution in [0.2, 0.25) is 0 Å². The van der Waals surface area contributed by atoms with Crippen LogP contribution in [0.4, 0.5) is 17.8 Å². The Morgan fingerprint density at radius 1 is 1.00 bits per heavy atom. The second kappa shape index (κ2) is 6.21. The summed E-state index contributed by atoms with van der Waals surface area (Å²) in [5, 5.41) is 0. The van der Waals surface area contributed by atoms with E-state index in [0.717, 1.165) is 5.92 Å². The summed E-state index contributed by atoms with van der Waals surface area (Å²) in [6.07, 6.45) is 4.91. The minimum atomic E-state index is 0.398. The summed E-state index contributed by atoms with van der Waals surface area (Å²) in [5.41, 5.74) is 2.51. The predicted molar refractivity (Wildman–Crippen MR) is 81.8 cm³/mol. The van der Waals surface area contributed by atoms with Crippen LogP contribution >= 0.6 is 0 Å². The molecule has 2 rings (SSSR count). The summed E-state index contributed by atoms with van der Waals surface area (Å²) in [6, 6.07) is 0.495. The number of nitrogens with two attached hydrogens (primary N) is 1. The van der Waals surface area contributed by atoms with Gasteiger partial charge < -0.3 is 9.80 Å². The third-order valence-electron chi connectivity index (χ3n) is 3.99. The first-order chi connectivity index (χ1) is 9.51. The van der Waals surface area contributed by atoms with Gasteiger partial charge in [0.1, 0.15) is 0 Å². The third-order valence-corrected chi connectivity index (χ3v) is 3.99. The van der Waals surface area contributed by atoms with E-state index in [1.807, 2.05) is 19.0 Å². The monoisotopic (exact) mass is 279 g/mol. The fraction of sp³-hybridized carbons (Fsp3) is 0.769. The van der Waals surface area contributed by atoms with Crippen LogP contribution in [0.5, 0.6) is 0 Å². The van der Waals surface area contributed by atoms with Crippen molar-refractivity contribution in [3.8, 4) is 0 Å². The number of nitrogens with one attached hydrogen (secondary N) is 1. The van der Waals surface area contributed by atoms with E-state index in [4.69, 9.17) is 5.84 Å². The molecule has 0 aromatic carbocycles. The Hall–Kier alpha value is -1.63. The van der Waals surface area contributed by atoms with Crippen molar-refractivity contribution in [2.45, 2.75) is 38.6 Å². The highest BCUT2D eigenvalue weighted by Gasteiger charge is 2.24. The molecule has 1 aliphatic carbocycles. The molecule has 7 heteroatoms. The van der Waals surface area contributed by atoms with Crippen molar-refractivity contribution in [3.63, 3.8) is 0 Å². The number of hydrogen-bond donors (Lipinski definition) is 2. The van der Waals surface area contributed by atoms with Crippen LogP contribution in [0.1, 0.15) is 32.6 Å². The fourth-order valence-corrected chi connectivity index (χ4v) is 2.57. The lowest BCUT2D eigenvalue weighted by Gasteiger charge is -2.33. The zero-order chi connectivity index (χ0) is 14.7. The molecule has 1 saturated carbocycles. The van der Waals surface area contributed by atoms with Crippen LogP contribution < -0.4 is 21.1 Å². The molecular formula is C13H25N7. The summed E-state index contributed by atoms with van der Waals surface area (Å²) in [5.74, 6) is 7.96. The second-order valence-electron chi connectivity index (χ2n) is 5.82. The number of aromatic nitrogens is 3. The number of nitrogens with zero attached hydrogens (tertiary/aromatic N) is 5. The Morgan fingerprint density at radius 3 is 2.15 bits per heavy atom. The molecule has 1 aromatic rings.